The highest BCUT2D eigenvalue weighted by Crippen LogP contribution is 2.23. The summed E-state index contributed by atoms with van der Waals surface area (Å²) in [6.45, 7) is 0. The number of hydrogen-bond acceptors (Lipinski definition) is 7. The molecule has 7 nitrogen and oxygen atoms in total. The SMILES string of the molecule is O=c1c2nc(=N\O)/c(=N/O)nc-2c2ccccc12. The predicted octanol–water partition coefficient (Wildman–Crippen LogP) is -0.450. The maximum atomic E-state index is 12.0. The lowest BCUT2D eigenvalue weighted by atomic mass is 10.2. The number of rotatable bonds is 0. The van der Waals surface area contributed by atoms with E-state index in [1.807, 2.05) is 0 Å². The van der Waals surface area contributed by atoms with Gasteiger partial charge in [-0.15, -0.1) is 0 Å². The minimum Gasteiger partial charge on any atom is -0.409 e. The molecule has 0 aromatic heterocycles. The molecule has 1 aromatic carbocycles. The molecule has 1 heterocycles. The molecular formula is C11H6N4O3. The highest BCUT2D eigenvalue weighted by molar-refractivity contribution is 5.98. The van der Waals surface area contributed by atoms with E-state index in [2.05, 4.69) is 20.3 Å². The fourth-order valence-electron chi connectivity index (χ4n) is 1.91. The molecule has 3 rings (SSSR count). The van der Waals surface area contributed by atoms with Crippen LogP contribution in [0.2, 0.25) is 0 Å². The Hall–Kier alpha value is -2.83. The van der Waals surface area contributed by atoms with Crippen LogP contribution < -0.4 is 16.4 Å². The lowest BCUT2D eigenvalue weighted by Gasteiger charge is -1.95. The van der Waals surface area contributed by atoms with E-state index < -0.39 is 0 Å². The fraction of sp³-hybridized carbons (Fsp3) is 0. The first-order valence-corrected chi connectivity index (χ1v) is 5.02. The van der Waals surface area contributed by atoms with Gasteiger partial charge in [-0.05, 0) is 0 Å². The first-order valence-electron chi connectivity index (χ1n) is 5.02. The van der Waals surface area contributed by atoms with Crippen molar-refractivity contribution in [2.45, 2.75) is 0 Å². The summed E-state index contributed by atoms with van der Waals surface area (Å²) in [5.74, 6) is 0. The Morgan fingerprint density at radius 3 is 2.06 bits per heavy atom. The van der Waals surface area contributed by atoms with E-state index in [9.17, 15) is 4.79 Å². The average molecular weight is 242 g/mol. The van der Waals surface area contributed by atoms with E-state index in [-0.39, 0.29) is 22.1 Å². The lowest BCUT2D eigenvalue weighted by molar-refractivity contribution is 0.281. The largest absolute Gasteiger partial charge is 0.409 e. The Balaban J connectivity index is 2.66. The van der Waals surface area contributed by atoms with Crippen LogP contribution in [0.15, 0.2) is 39.4 Å². The second-order valence-corrected chi connectivity index (χ2v) is 3.64. The smallest absolute Gasteiger partial charge is 0.240 e. The van der Waals surface area contributed by atoms with Crippen molar-refractivity contribution < 1.29 is 10.4 Å². The number of benzene rings is 1. The van der Waals surface area contributed by atoms with Crippen molar-refractivity contribution in [2.24, 2.45) is 10.3 Å². The molecule has 0 spiro atoms. The molecule has 1 aliphatic heterocycles. The van der Waals surface area contributed by atoms with Crippen LogP contribution in [0.1, 0.15) is 0 Å². The molecule has 0 bridgehead atoms. The standard InChI is InChI=1S/C11H6N4O3/c16-9-6-4-2-1-3-5(6)7-8(9)13-11(15-18)10(12-7)14-17/h1-4,17-18H/b14-10-,15-11-. The average Bonchev–Trinajstić information content (AvgIpc) is 2.71. The highest BCUT2D eigenvalue weighted by Gasteiger charge is 2.19. The molecule has 2 aliphatic rings. The van der Waals surface area contributed by atoms with Crippen LogP contribution in [-0.2, 0) is 0 Å². The molecule has 0 amide bonds. The van der Waals surface area contributed by atoms with Gasteiger partial charge in [0.25, 0.3) is 0 Å². The van der Waals surface area contributed by atoms with Gasteiger partial charge in [0.05, 0.1) is 0 Å². The molecule has 2 N–H and O–H groups in total. The van der Waals surface area contributed by atoms with Gasteiger partial charge in [-0.3, -0.25) is 4.79 Å². The zero-order valence-corrected chi connectivity index (χ0v) is 8.90. The van der Waals surface area contributed by atoms with Gasteiger partial charge < -0.3 is 10.4 Å². The molecule has 0 saturated heterocycles. The van der Waals surface area contributed by atoms with Crippen molar-refractivity contribution in [3.8, 4) is 11.4 Å². The van der Waals surface area contributed by atoms with Crippen LogP contribution in [0.5, 0.6) is 0 Å². The Labute approximate surface area is 99.0 Å². The summed E-state index contributed by atoms with van der Waals surface area (Å²) >= 11 is 0. The van der Waals surface area contributed by atoms with Crippen LogP contribution in [0.25, 0.3) is 22.2 Å². The van der Waals surface area contributed by atoms with Gasteiger partial charge in [0.1, 0.15) is 11.4 Å². The number of aromatic nitrogens is 2. The molecule has 0 fully saturated rings. The first-order chi connectivity index (χ1) is 8.76. The number of nitrogens with zero attached hydrogens (tertiary/aromatic N) is 4. The summed E-state index contributed by atoms with van der Waals surface area (Å²) in [5.41, 5.74) is -0.396. The van der Waals surface area contributed by atoms with E-state index in [1.165, 1.54) is 0 Å². The van der Waals surface area contributed by atoms with E-state index in [4.69, 9.17) is 10.4 Å². The van der Waals surface area contributed by atoms with Crippen molar-refractivity contribution in [1.82, 2.24) is 9.97 Å². The third kappa shape index (κ3) is 1.21. The maximum Gasteiger partial charge on any atom is 0.240 e. The summed E-state index contributed by atoms with van der Waals surface area (Å²) in [7, 11) is 0. The van der Waals surface area contributed by atoms with Gasteiger partial charge in [-0.25, -0.2) is 9.97 Å². The Morgan fingerprint density at radius 2 is 1.44 bits per heavy atom. The van der Waals surface area contributed by atoms with Gasteiger partial charge in [0.15, 0.2) is 0 Å². The normalized spacial score (nSPS) is 13.8. The molecular weight excluding hydrogens is 236 g/mol. The van der Waals surface area contributed by atoms with Crippen LogP contribution in [0.4, 0.5) is 0 Å². The fourth-order valence-corrected chi connectivity index (χ4v) is 1.91. The Kier molecular flexibility index (Phi) is 2.06. The molecule has 1 aromatic rings. The van der Waals surface area contributed by atoms with Gasteiger partial charge in [-0.1, -0.05) is 34.6 Å². The molecule has 88 valence electrons. The quantitative estimate of drug-likeness (QED) is 0.410. The van der Waals surface area contributed by atoms with Crippen molar-refractivity contribution >= 4 is 10.8 Å². The van der Waals surface area contributed by atoms with E-state index in [0.717, 1.165) is 0 Å². The predicted molar refractivity (Wildman–Crippen MR) is 59.5 cm³/mol. The molecule has 0 radical (unpaired) electrons. The topological polar surface area (TPSA) is 108 Å². The van der Waals surface area contributed by atoms with E-state index in [0.29, 0.717) is 16.5 Å². The monoisotopic (exact) mass is 242 g/mol. The van der Waals surface area contributed by atoms with E-state index in [1.54, 1.807) is 24.3 Å². The van der Waals surface area contributed by atoms with Crippen molar-refractivity contribution in [1.29, 1.82) is 0 Å². The summed E-state index contributed by atoms with van der Waals surface area (Å²) in [6, 6.07) is 6.89. The van der Waals surface area contributed by atoms with Gasteiger partial charge in [0, 0.05) is 10.8 Å². The summed E-state index contributed by atoms with van der Waals surface area (Å²) in [5, 5.41) is 24.3. The minimum atomic E-state index is -0.294. The Bertz CT molecular complexity index is 878. The third-order valence-corrected chi connectivity index (χ3v) is 2.69. The first kappa shape index (κ1) is 10.3. The molecule has 7 heteroatoms. The second kappa shape index (κ2) is 3.59. The molecule has 0 saturated carbocycles. The van der Waals surface area contributed by atoms with Crippen molar-refractivity contribution in [3.05, 3.63) is 45.5 Å². The van der Waals surface area contributed by atoms with Crippen LogP contribution in [0.3, 0.4) is 0 Å². The zero-order chi connectivity index (χ0) is 12.7. The molecule has 1 aliphatic carbocycles. The van der Waals surface area contributed by atoms with Gasteiger partial charge in [-0.2, -0.15) is 0 Å². The second-order valence-electron chi connectivity index (χ2n) is 3.64. The number of hydrogen-bond donors (Lipinski definition) is 2. The zero-order valence-electron chi connectivity index (χ0n) is 8.90. The summed E-state index contributed by atoms with van der Waals surface area (Å²) in [4.78, 5) is 19.9. The third-order valence-electron chi connectivity index (χ3n) is 2.69. The van der Waals surface area contributed by atoms with Gasteiger partial charge in [0.2, 0.25) is 16.4 Å². The molecule has 0 atom stereocenters. The summed E-state index contributed by atoms with van der Waals surface area (Å²) < 4.78 is 0. The summed E-state index contributed by atoms with van der Waals surface area (Å²) in [6.07, 6.45) is 0. The minimum absolute atomic E-state index is 0.0939. The van der Waals surface area contributed by atoms with Crippen LogP contribution >= 0.6 is 0 Å². The van der Waals surface area contributed by atoms with Crippen molar-refractivity contribution in [2.75, 3.05) is 0 Å². The van der Waals surface area contributed by atoms with Crippen molar-refractivity contribution in [3.63, 3.8) is 0 Å². The van der Waals surface area contributed by atoms with E-state index >= 15 is 0 Å². The van der Waals surface area contributed by atoms with Crippen LogP contribution in [0, 0.1) is 0 Å². The maximum absolute atomic E-state index is 12.0. The van der Waals surface area contributed by atoms with Crippen LogP contribution in [-0.4, -0.2) is 20.4 Å². The lowest BCUT2D eigenvalue weighted by Crippen LogP contribution is -2.34. The highest BCUT2D eigenvalue weighted by atomic mass is 16.4. The number of fused-ring (bicyclic) bond motifs is 3. The molecule has 0 unspecified atom stereocenters. The Morgan fingerprint density at radius 1 is 0.889 bits per heavy atom. The molecule has 18 heavy (non-hydrogen) atoms. The van der Waals surface area contributed by atoms with Gasteiger partial charge >= 0.3 is 0 Å².